The van der Waals surface area contributed by atoms with Crippen molar-refractivity contribution in [2.24, 2.45) is 17.2 Å². The molecule has 9 N–H and O–H groups in total. The summed E-state index contributed by atoms with van der Waals surface area (Å²) in [5, 5.41) is 20.6. The van der Waals surface area contributed by atoms with Gasteiger partial charge < -0.3 is 27.4 Å². The number of carbonyl (C=O) groups is 1. The van der Waals surface area contributed by atoms with E-state index in [-0.39, 0.29) is 6.42 Å². The van der Waals surface area contributed by atoms with Gasteiger partial charge in [-0.3, -0.25) is 10.1 Å². The second-order valence-electron chi connectivity index (χ2n) is 3.02. The smallest absolute Gasteiger partial charge is 0.320 e. The fourth-order valence-electron chi connectivity index (χ4n) is 0.894. The molecule has 0 aromatic rings. The van der Waals surface area contributed by atoms with Crippen LogP contribution in [0.1, 0.15) is 6.42 Å². The number of hydrogen-bond donors (Lipinski definition) is 6. The van der Waals surface area contributed by atoms with Crippen LogP contribution in [-0.4, -0.2) is 47.6 Å². The van der Waals surface area contributed by atoms with Gasteiger partial charge >= 0.3 is 5.97 Å². The first-order valence-corrected chi connectivity index (χ1v) is 4.34. The molecule has 3 unspecified atom stereocenters. The molecule has 0 spiro atoms. The number of rotatable bonds is 7. The van der Waals surface area contributed by atoms with E-state index in [1.165, 1.54) is 0 Å². The highest BCUT2D eigenvalue weighted by Gasteiger charge is 2.21. The van der Waals surface area contributed by atoms with Crippen molar-refractivity contribution in [3.8, 4) is 0 Å². The lowest BCUT2D eigenvalue weighted by Crippen LogP contribution is -2.51. The molecule has 0 rings (SSSR count). The molecule has 0 amide bonds. The van der Waals surface area contributed by atoms with Gasteiger partial charge in [-0.05, 0) is 0 Å². The van der Waals surface area contributed by atoms with Crippen LogP contribution in [0.2, 0.25) is 0 Å². The minimum Gasteiger partial charge on any atom is -0.480 e. The van der Waals surface area contributed by atoms with Crippen LogP contribution in [0, 0.1) is 0 Å². The maximum atomic E-state index is 10.4. The summed E-state index contributed by atoms with van der Waals surface area (Å²) in [5.41, 5.74) is 15.9. The zero-order chi connectivity index (χ0) is 11.1. The lowest BCUT2D eigenvalue weighted by molar-refractivity contribution is -0.139. The fourth-order valence-corrected chi connectivity index (χ4v) is 0.894. The van der Waals surface area contributed by atoms with Gasteiger partial charge in [0.15, 0.2) is 0 Å². The Balaban J connectivity index is 3.81. The lowest BCUT2D eigenvalue weighted by atomic mass is 10.1. The Labute approximate surface area is 82.2 Å². The Morgan fingerprint density at radius 1 is 1.43 bits per heavy atom. The summed E-state index contributed by atoms with van der Waals surface area (Å²) in [4.78, 5) is 10.4. The molecule has 0 radical (unpaired) electrons. The predicted molar refractivity (Wildman–Crippen MR) is 51.3 cm³/mol. The minimum absolute atomic E-state index is 0.0892. The quantitative estimate of drug-likeness (QED) is 0.243. The third-order valence-corrected chi connectivity index (χ3v) is 1.75. The minimum atomic E-state index is -1.16. The van der Waals surface area contributed by atoms with Gasteiger partial charge in [-0.1, -0.05) is 0 Å². The van der Waals surface area contributed by atoms with Gasteiger partial charge in [-0.25, -0.2) is 0 Å². The van der Waals surface area contributed by atoms with Gasteiger partial charge in [0.25, 0.3) is 0 Å². The third kappa shape index (κ3) is 5.10. The molecular formula is C7H18N4O3. The van der Waals surface area contributed by atoms with Crippen molar-refractivity contribution < 1.29 is 15.0 Å². The number of aliphatic carboxylic acids is 1. The van der Waals surface area contributed by atoms with Crippen molar-refractivity contribution >= 4 is 5.97 Å². The summed E-state index contributed by atoms with van der Waals surface area (Å²) in [6, 6.07) is -1.10. The van der Waals surface area contributed by atoms with E-state index in [1.54, 1.807) is 0 Å². The predicted octanol–water partition coefficient (Wildman–Crippen LogP) is -3.02. The van der Waals surface area contributed by atoms with Gasteiger partial charge in [0.05, 0.1) is 12.3 Å². The Bertz CT molecular complexity index is 178. The van der Waals surface area contributed by atoms with Crippen molar-refractivity contribution in [1.29, 1.82) is 0 Å². The van der Waals surface area contributed by atoms with Crippen molar-refractivity contribution in [2.45, 2.75) is 24.7 Å². The second kappa shape index (κ2) is 6.68. The zero-order valence-electron chi connectivity index (χ0n) is 7.89. The summed E-state index contributed by atoms with van der Waals surface area (Å²) >= 11 is 0. The summed E-state index contributed by atoms with van der Waals surface area (Å²) in [6.45, 7) is 0.853. The maximum Gasteiger partial charge on any atom is 0.320 e. The Morgan fingerprint density at radius 3 is 2.43 bits per heavy atom. The van der Waals surface area contributed by atoms with Crippen molar-refractivity contribution in [3.63, 3.8) is 0 Å². The highest BCUT2D eigenvalue weighted by molar-refractivity contribution is 5.73. The van der Waals surface area contributed by atoms with E-state index in [2.05, 4.69) is 5.32 Å². The Hall–Kier alpha value is -0.730. The van der Waals surface area contributed by atoms with Crippen LogP contribution in [0.4, 0.5) is 0 Å². The first-order chi connectivity index (χ1) is 6.49. The summed E-state index contributed by atoms with van der Waals surface area (Å²) in [6.07, 6.45) is -1.79. The van der Waals surface area contributed by atoms with E-state index in [1.807, 2.05) is 0 Å². The molecule has 84 valence electrons. The third-order valence-electron chi connectivity index (χ3n) is 1.75. The molecule has 0 saturated heterocycles. The van der Waals surface area contributed by atoms with Gasteiger partial charge in [-0.15, -0.1) is 0 Å². The van der Waals surface area contributed by atoms with Crippen LogP contribution in [0.25, 0.3) is 0 Å². The van der Waals surface area contributed by atoms with E-state index in [0.717, 1.165) is 0 Å². The summed E-state index contributed by atoms with van der Waals surface area (Å²) in [7, 11) is 0. The number of hydrogen-bond acceptors (Lipinski definition) is 6. The van der Waals surface area contributed by atoms with Gasteiger partial charge in [0.1, 0.15) is 6.04 Å². The highest BCUT2D eigenvalue weighted by atomic mass is 16.4. The van der Waals surface area contributed by atoms with E-state index in [9.17, 15) is 9.90 Å². The van der Waals surface area contributed by atoms with Gasteiger partial charge in [0.2, 0.25) is 0 Å². The van der Waals surface area contributed by atoms with Crippen molar-refractivity contribution in [3.05, 3.63) is 0 Å². The van der Waals surface area contributed by atoms with E-state index < -0.39 is 24.3 Å². The standard InChI is InChI=1S/C7H18N4O3/c8-1-2-11-6(10)5(12)3-4(9)7(13)14/h4-6,11-12H,1-3,8-10H2,(H,13,14). The highest BCUT2D eigenvalue weighted by Crippen LogP contribution is 1.98. The van der Waals surface area contributed by atoms with Crippen LogP contribution in [0.15, 0.2) is 0 Å². The van der Waals surface area contributed by atoms with Crippen LogP contribution in [0.5, 0.6) is 0 Å². The van der Waals surface area contributed by atoms with Crippen molar-refractivity contribution in [1.82, 2.24) is 5.32 Å². The second-order valence-corrected chi connectivity index (χ2v) is 3.02. The van der Waals surface area contributed by atoms with E-state index in [4.69, 9.17) is 22.3 Å². The largest absolute Gasteiger partial charge is 0.480 e. The fraction of sp³-hybridized carbons (Fsp3) is 0.857. The molecule has 0 saturated carbocycles. The van der Waals surface area contributed by atoms with Crippen molar-refractivity contribution in [2.75, 3.05) is 13.1 Å². The lowest BCUT2D eigenvalue weighted by Gasteiger charge is -2.21. The SMILES string of the molecule is NCCNC(N)C(O)CC(N)C(=O)O. The molecule has 0 bridgehead atoms. The number of aliphatic hydroxyl groups is 1. The molecule has 0 aliphatic rings. The molecule has 7 nitrogen and oxygen atoms in total. The van der Waals surface area contributed by atoms with Crippen LogP contribution >= 0.6 is 0 Å². The number of aliphatic hydroxyl groups excluding tert-OH is 1. The normalized spacial score (nSPS) is 17.4. The van der Waals surface area contributed by atoms with E-state index in [0.29, 0.717) is 13.1 Å². The average molecular weight is 206 g/mol. The molecule has 0 aromatic carbocycles. The maximum absolute atomic E-state index is 10.4. The molecule has 0 heterocycles. The number of nitrogens with two attached hydrogens (primary N) is 3. The molecule has 0 aliphatic carbocycles. The number of nitrogens with one attached hydrogen (secondary N) is 1. The van der Waals surface area contributed by atoms with Crippen LogP contribution < -0.4 is 22.5 Å². The Morgan fingerprint density at radius 2 is 2.00 bits per heavy atom. The zero-order valence-corrected chi connectivity index (χ0v) is 7.89. The average Bonchev–Trinajstić information content (AvgIpc) is 2.13. The molecule has 0 fully saturated rings. The monoisotopic (exact) mass is 206 g/mol. The number of carboxylic acid groups (broad SMARTS) is 1. The molecule has 0 aliphatic heterocycles. The molecule has 0 aromatic heterocycles. The van der Waals surface area contributed by atoms with Crippen LogP contribution in [-0.2, 0) is 4.79 Å². The van der Waals surface area contributed by atoms with Gasteiger partial charge in [0, 0.05) is 19.5 Å². The molecule has 3 atom stereocenters. The summed E-state index contributed by atoms with van der Waals surface area (Å²) < 4.78 is 0. The number of carboxylic acids is 1. The van der Waals surface area contributed by atoms with E-state index >= 15 is 0 Å². The summed E-state index contributed by atoms with van der Waals surface area (Å²) in [5.74, 6) is -1.16. The van der Waals surface area contributed by atoms with Crippen LogP contribution in [0.3, 0.4) is 0 Å². The molecule has 7 heteroatoms. The molecule has 14 heavy (non-hydrogen) atoms. The Kier molecular flexibility index (Phi) is 6.34. The first kappa shape index (κ1) is 13.3. The topological polar surface area (TPSA) is 148 Å². The van der Waals surface area contributed by atoms with Gasteiger partial charge in [-0.2, -0.15) is 0 Å². The molecular weight excluding hydrogens is 188 g/mol. The first-order valence-electron chi connectivity index (χ1n) is 4.34.